The van der Waals surface area contributed by atoms with Gasteiger partial charge in [-0.2, -0.15) is 5.10 Å². The fourth-order valence-electron chi connectivity index (χ4n) is 4.73. The Morgan fingerprint density at radius 1 is 1.09 bits per heavy atom. The van der Waals surface area contributed by atoms with Crippen LogP contribution >= 0.6 is 11.6 Å². The number of rotatable bonds is 15. The first-order valence-electron chi connectivity index (χ1n) is 14.6. The van der Waals surface area contributed by atoms with Crippen LogP contribution in [0, 0.1) is 0 Å². The minimum absolute atomic E-state index is 0.149. The van der Waals surface area contributed by atoms with E-state index in [1.54, 1.807) is 37.4 Å². The summed E-state index contributed by atoms with van der Waals surface area (Å²) in [5.41, 5.74) is 6.50. The van der Waals surface area contributed by atoms with Crippen molar-refractivity contribution in [3.8, 4) is 17.2 Å². The molecule has 0 aliphatic carbocycles. The minimum atomic E-state index is -1.14. The Morgan fingerprint density at radius 3 is 2.61 bits per heavy atom. The van der Waals surface area contributed by atoms with Crippen molar-refractivity contribution in [3.63, 3.8) is 0 Å². The van der Waals surface area contributed by atoms with E-state index >= 15 is 0 Å². The number of halogens is 1. The van der Waals surface area contributed by atoms with Gasteiger partial charge < -0.3 is 34.7 Å². The molecule has 0 saturated carbocycles. The molecule has 4 N–H and O–H groups in total. The number of benzene rings is 3. The number of hydrogen-bond acceptors (Lipinski definition) is 9. The number of aliphatic hydroxyl groups excluding tert-OH is 1. The number of nitrogens with one attached hydrogen (secondary N) is 3. The van der Waals surface area contributed by atoms with Crippen molar-refractivity contribution >= 4 is 29.8 Å². The second-order valence-corrected chi connectivity index (χ2v) is 10.6. The zero-order valence-corrected chi connectivity index (χ0v) is 26.6. The van der Waals surface area contributed by atoms with Gasteiger partial charge in [-0.3, -0.25) is 5.43 Å². The average molecular weight is 649 g/mol. The van der Waals surface area contributed by atoms with Gasteiger partial charge in [0.05, 0.1) is 31.5 Å². The standard InChI is InChI=1S/C34H37ClN4O7/c1-5-9-23-16-22(12-14-27(23)45-19-25-10-7-8-11-26(25)35)18-36-39-30(40)20-46-28-15-13-24(17-29(28)44-6-2)32-31(33(41)43-4)21(3)37-34(42)38-32/h5,7-8,10-18,30,32,39-40H,1,6,9,19-20H2,2-4H3,(H2,37,38,42)/b36-18-/t30-,32-/m0/s1. The summed E-state index contributed by atoms with van der Waals surface area (Å²) in [7, 11) is 1.28. The number of aliphatic hydroxyl groups is 1. The molecule has 46 heavy (non-hydrogen) atoms. The zero-order chi connectivity index (χ0) is 33.1. The SMILES string of the molecule is C=CCc1cc(/C=N\N[C@@H](O)COc2ccc([C@@H]3NC(=O)NC(C)=C3C(=O)OC)cc2OCC)ccc1OCc1ccccc1Cl. The van der Waals surface area contributed by atoms with Crippen molar-refractivity contribution in [1.82, 2.24) is 16.1 Å². The van der Waals surface area contributed by atoms with Crippen LogP contribution < -0.4 is 30.3 Å². The van der Waals surface area contributed by atoms with Gasteiger partial charge in [-0.1, -0.05) is 41.9 Å². The minimum Gasteiger partial charge on any atom is -0.490 e. The molecule has 12 heteroatoms. The van der Waals surface area contributed by atoms with Gasteiger partial charge in [0.25, 0.3) is 0 Å². The van der Waals surface area contributed by atoms with Gasteiger partial charge in [-0.25, -0.2) is 9.59 Å². The van der Waals surface area contributed by atoms with Gasteiger partial charge >= 0.3 is 12.0 Å². The Labute approximate surface area is 272 Å². The van der Waals surface area contributed by atoms with Gasteiger partial charge in [0.15, 0.2) is 17.7 Å². The van der Waals surface area contributed by atoms with Crippen LogP contribution in [0.25, 0.3) is 0 Å². The highest BCUT2D eigenvalue weighted by molar-refractivity contribution is 6.31. The van der Waals surface area contributed by atoms with E-state index in [1.165, 1.54) is 7.11 Å². The maximum Gasteiger partial charge on any atom is 0.337 e. The van der Waals surface area contributed by atoms with E-state index in [4.69, 9.17) is 30.5 Å². The molecule has 0 saturated heterocycles. The van der Waals surface area contributed by atoms with Crippen LogP contribution in [-0.4, -0.2) is 49.9 Å². The topological polar surface area (TPSA) is 140 Å². The molecule has 1 aliphatic heterocycles. The van der Waals surface area contributed by atoms with E-state index < -0.39 is 24.3 Å². The number of ether oxygens (including phenoxy) is 4. The van der Waals surface area contributed by atoms with E-state index in [9.17, 15) is 14.7 Å². The number of urea groups is 1. The van der Waals surface area contributed by atoms with Crippen LogP contribution in [0.2, 0.25) is 5.02 Å². The molecule has 0 fully saturated rings. The Hall–Kier alpha value is -5.00. The fourth-order valence-corrected chi connectivity index (χ4v) is 4.92. The van der Waals surface area contributed by atoms with Gasteiger partial charge in [0.2, 0.25) is 0 Å². The van der Waals surface area contributed by atoms with Gasteiger partial charge in [0.1, 0.15) is 19.0 Å². The van der Waals surface area contributed by atoms with Crippen molar-refractivity contribution in [1.29, 1.82) is 0 Å². The van der Waals surface area contributed by atoms with Crippen molar-refractivity contribution in [2.24, 2.45) is 5.10 Å². The van der Waals surface area contributed by atoms with Crippen LogP contribution in [0.5, 0.6) is 17.2 Å². The van der Waals surface area contributed by atoms with Crippen molar-refractivity contribution in [2.45, 2.75) is 39.1 Å². The number of carbonyl (C=O) groups excluding carboxylic acids is 2. The summed E-state index contributed by atoms with van der Waals surface area (Å²) in [6.45, 7) is 7.80. The molecular weight excluding hydrogens is 612 g/mol. The molecule has 3 aromatic rings. The fraction of sp³-hybridized carbons (Fsp3) is 0.265. The molecule has 3 aromatic carbocycles. The number of methoxy groups -OCH3 is 1. The Kier molecular flexibility index (Phi) is 12.0. The van der Waals surface area contributed by atoms with E-state index in [0.29, 0.717) is 53.2 Å². The second kappa shape index (κ2) is 16.4. The molecule has 0 unspecified atom stereocenters. The maximum atomic E-state index is 12.5. The molecule has 11 nitrogen and oxygen atoms in total. The lowest BCUT2D eigenvalue weighted by atomic mass is 9.95. The third-order valence-electron chi connectivity index (χ3n) is 6.90. The van der Waals surface area contributed by atoms with E-state index in [1.807, 2.05) is 49.4 Å². The molecule has 0 aromatic heterocycles. The summed E-state index contributed by atoms with van der Waals surface area (Å²) in [5, 5.41) is 20.6. The van der Waals surface area contributed by atoms with Gasteiger partial charge in [-0.05, 0) is 73.4 Å². The Bertz CT molecular complexity index is 1620. The number of carbonyl (C=O) groups is 2. The largest absolute Gasteiger partial charge is 0.490 e. The molecule has 2 atom stereocenters. The average Bonchev–Trinajstić information content (AvgIpc) is 3.04. The lowest BCUT2D eigenvalue weighted by molar-refractivity contribution is -0.136. The van der Waals surface area contributed by atoms with Gasteiger partial charge in [-0.15, -0.1) is 6.58 Å². The summed E-state index contributed by atoms with van der Waals surface area (Å²) < 4.78 is 22.5. The summed E-state index contributed by atoms with van der Waals surface area (Å²) in [6, 6.07) is 17.0. The number of allylic oxidation sites excluding steroid dienone is 2. The lowest BCUT2D eigenvalue weighted by Gasteiger charge is -2.28. The monoisotopic (exact) mass is 648 g/mol. The second-order valence-electron chi connectivity index (χ2n) is 10.2. The highest BCUT2D eigenvalue weighted by Crippen LogP contribution is 2.35. The molecule has 0 spiro atoms. The van der Waals surface area contributed by atoms with E-state index in [-0.39, 0.29) is 12.2 Å². The highest BCUT2D eigenvalue weighted by atomic mass is 35.5. The number of hydrogen-bond donors (Lipinski definition) is 4. The first-order chi connectivity index (χ1) is 22.2. The van der Waals surface area contributed by atoms with Gasteiger partial charge in [0, 0.05) is 16.3 Å². The summed E-state index contributed by atoms with van der Waals surface area (Å²) in [6.07, 6.45) is 2.82. The van der Waals surface area contributed by atoms with Crippen LogP contribution in [0.15, 0.2) is 89.7 Å². The van der Waals surface area contributed by atoms with Crippen molar-refractivity contribution in [3.05, 3.63) is 112 Å². The molecule has 1 heterocycles. The van der Waals surface area contributed by atoms with Crippen molar-refractivity contribution < 1.29 is 33.6 Å². The smallest absolute Gasteiger partial charge is 0.337 e. The van der Waals surface area contributed by atoms with Crippen LogP contribution in [0.3, 0.4) is 0 Å². The first kappa shape index (κ1) is 33.9. The predicted molar refractivity (Wildman–Crippen MR) is 175 cm³/mol. The van der Waals surface area contributed by atoms with E-state index in [0.717, 1.165) is 16.7 Å². The van der Waals surface area contributed by atoms with E-state index in [2.05, 4.69) is 27.7 Å². The summed E-state index contributed by atoms with van der Waals surface area (Å²) >= 11 is 6.26. The van der Waals surface area contributed by atoms with Crippen LogP contribution in [-0.2, 0) is 22.6 Å². The van der Waals surface area contributed by atoms with Crippen LogP contribution in [0.4, 0.5) is 4.79 Å². The number of hydrazone groups is 1. The molecule has 1 aliphatic rings. The summed E-state index contributed by atoms with van der Waals surface area (Å²) in [4.78, 5) is 24.6. The molecule has 4 rings (SSSR count). The lowest BCUT2D eigenvalue weighted by Crippen LogP contribution is -2.45. The number of esters is 1. The number of amides is 2. The molecule has 2 amide bonds. The highest BCUT2D eigenvalue weighted by Gasteiger charge is 2.32. The Balaban J connectivity index is 1.38. The summed E-state index contributed by atoms with van der Waals surface area (Å²) in [5.74, 6) is 0.872. The molecular formula is C34H37ClN4O7. The first-order valence-corrected chi connectivity index (χ1v) is 14.9. The number of nitrogens with zero attached hydrogens (tertiary/aromatic N) is 1. The third-order valence-corrected chi connectivity index (χ3v) is 7.27. The van der Waals surface area contributed by atoms with Crippen molar-refractivity contribution in [2.75, 3.05) is 20.3 Å². The zero-order valence-electron chi connectivity index (χ0n) is 25.8. The van der Waals surface area contributed by atoms with Crippen LogP contribution in [0.1, 0.15) is 42.1 Å². The third kappa shape index (κ3) is 8.80. The molecule has 0 radical (unpaired) electrons. The predicted octanol–water partition coefficient (Wildman–Crippen LogP) is 5.17. The normalized spacial score (nSPS) is 15.1. The molecule has 242 valence electrons. The maximum absolute atomic E-state index is 12.5. The Morgan fingerprint density at radius 2 is 1.87 bits per heavy atom. The quantitative estimate of drug-likeness (QED) is 0.0582. The molecule has 0 bridgehead atoms.